The van der Waals surface area contributed by atoms with E-state index in [4.69, 9.17) is 0 Å². The quantitative estimate of drug-likeness (QED) is 0.638. The standard InChI is InChI=1S/C23H22N2O4/c26-20-10-4-2-7-16(20)14-24-22(28)19-9-5-13-25(19)23(29)18-12-11-15-6-1-3-8-17(15)21(18)27/h1-4,6-8,10-12,19,26-27H,5,9,13-14H2,(H,24,28). The van der Waals surface area contributed by atoms with Gasteiger partial charge in [0.2, 0.25) is 5.91 Å². The van der Waals surface area contributed by atoms with Crippen molar-refractivity contribution in [2.24, 2.45) is 0 Å². The SMILES string of the molecule is O=C(NCc1ccccc1O)C1CCCN1C(=O)c1ccc2ccccc2c1O. The minimum atomic E-state index is -0.598. The lowest BCUT2D eigenvalue weighted by molar-refractivity contribution is -0.125. The number of nitrogens with one attached hydrogen (secondary N) is 1. The van der Waals surface area contributed by atoms with Gasteiger partial charge < -0.3 is 20.4 Å². The van der Waals surface area contributed by atoms with E-state index in [9.17, 15) is 19.8 Å². The first-order chi connectivity index (χ1) is 14.1. The number of fused-ring (bicyclic) bond motifs is 1. The van der Waals surface area contributed by atoms with Crippen molar-refractivity contribution in [1.82, 2.24) is 10.2 Å². The van der Waals surface area contributed by atoms with Crippen LogP contribution in [0.15, 0.2) is 60.7 Å². The van der Waals surface area contributed by atoms with E-state index in [0.29, 0.717) is 23.9 Å². The van der Waals surface area contributed by atoms with Crippen LogP contribution in [0.2, 0.25) is 0 Å². The first-order valence-electron chi connectivity index (χ1n) is 9.62. The van der Waals surface area contributed by atoms with Gasteiger partial charge in [0.15, 0.2) is 0 Å². The number of hydrogen-bond acceptors (Lipinski definition) is 4. The fourth-order valence-corrected chi connectivity index (χ4v) is 3.83. The summed E-state index contributed by atoms with van der Waals surface area (Å²) < 4.78 is 0. The molecule has 1 unspecified atom stereocenters. The predicted molar refractivity (Wildman–Crippen MR) is 110 cm³/mol. The third-order valence-electron chi connectivity index (χ3n) is 5.39. The molecule has 29 heavy (non-hydrogen) atoms. The lowest BCUT2D eigenvalue weighted by atomic mass is 10.0. The summed E-state index contributed by atoms with van der Waals surface area (Å²) in [5.74, 6) is -0.561. The smallest absolute Gasteiger partial charge is 0.258 e. The Labute approximate surface area is 168 Å². The van der Waals surface area contributed by atoms with Gasteiger partial charge in [-0.2, -0.15) is 0 Å². The van der Waals surface area contributed by atoms with Crippen LogP contribution in [0.25, 0.3) is 10.8 Å². The fraction of sp³-hybridized carbons (Fsp3) is 0.217. The van der Waals surface area contributed by atoms with Gasteiger partial charge in [0, 0.05) is 24.0 Å². The Morgan fingerprint density at radius 3 is 2.59 bits per heavy atom. The number of hydrogen-bond donors (Lipinski definition) is 3. The molecule has 1 aliphatic rings. The molecule has 6 heteroatoms. The van der Waals surface area contributed by atoms with Gasteiger partial charge in [-0.3, -0.25) is 9.59 Å². The van der Waals surface area contributed by atoms with Gasteiger partial charge in [-0.05, 0) is 30.4 Å². The van der Waals surface area contributed by atoms with Crippen molar-refractivity contribution < 1.29 is 19.8 Å². The number of phenols is 2. The molecule has 1 atom stereocenters. The summed E-state index contributed by atoms with van der Waals surface area (Å²) in [6.45, 7) is 0.644. The highest BCUT2D eigenvalue weighted by molar-refractivity contribution is 6.05. The Balaban J connectivity index is 1.52. The molecule has 3 aromatic rings. The van der Waals surface area contributed by atoms with Crippen LogP contribution >= 0.6 is 0 Å². The average molecular weight is 390 g/mol. The molecule has 6 nitrogen and oxygen atoms in total. The molecule has 0 aliphatic carbocycles. The minimum absolute atomic E-state index is 0.0617. The molecule has 0 bridgehead atoms. The fourth-order valence-electron chi connectivity index (χ4n) is 3.83. The Bertz CT molecular complexity index is 1080. The highest BCUT2D eigenvalue weighted by Gasteiger charge is 2.35. The normalized spacial score (nSPS) is 16.1. The summed E-state index contributed by atoms with van der Waals surface area (Å²) in [5, 5.41) is 24.7. The summed E-state index contributed by atoms with van der Waals surface area (Å²) in [7, 11) is 0. The van der Waals surface area contributed by atoms with Crippen LogP contribution in [0.5, 0.6) is 11.5 Å². The molecule has 3 N–H and O–H groups in total. The zero-order valence-electron chi connectivity index (χ0n) is 15.8. The number of nitrogens with zero attached hydrogens (tertiary/aromatic N) is 1. The number of para-hydroxylation sites is 1. The highest BCUT2D eigenvalue weighted by Crippen LogP contribution is 2.31. The molecule has 0 spiro atoms. The number of benzene rings is 3. The van der Waals surface area contributed by atoms with Crippen molar-refractivity contribution in [2.75, 3.05) is 6.54 Å². The zero-order valence-corrected chi connectivity index (χ0v) is 15.8. The molecule has 1 fully saturated rings. The second-order valence-electron chi connectivity index (χ2n) is 7.19. The van der Waals surface area contributed by atoms with E-state index in [2.05, 4.69) is 5.32 Å². The van der Waals surface area contributed by atoms with E-state index in [0.717, 1.165) is 11.8 Å². The van der Waals surface area contributed by atoms with Gasteiger partial charge in [-0.25, -0.2) is 0 Å². The van der Waals surface area contributed by atoms with E-state index in [1.54, 1.807) is 48.5 Å². The van der Waals surface area contributed by atoms with Gasteiger partial charge in [0.1, 0.15) is 17.5 Å². The molecule has 1 saturated heterocycles. The van der Waals surface area contributed by atoms with Crippen molar-refractivity contribution in [2.45, 2.75) is 25.4 Å². The molecule has 3 aromatic carbocycles. The van der Waals surface area contributed by atoms with Crippen LogP contribution in [0, 0.1) is 0 Å². The first kappa shape index (κ1) is 18.8. The second kappa shape index (κ2) is 7.83. The number of carbonyl (C=O) groups excluding carboxylic acids is 2. The highest BCUT2D eigenvalue weighted by atomic mass is 16.3. The van der Waals surface area contributed by atoms with Crippen LogP contribution in [0.1, 0.15) is 28.8 Å². The van der Waals surface area contributed by atoms with Crippen molar-refractivity contribution in [3.05, 3.63) is 71.8 Å². The van der Waals surface area contributed by atoms with Gasteiger partial charge in [0.25, 0.3) is 5.91 Å². The van der Waals surface area contributed by atoms with Crippen LogP contribution in [-0.4, -0.2) is 39.5 Å². The Morgan fingerprint density at radius 1 is 1.00 bits per heavy atom. The van der Waals surface area contributed by atoms with Crippen LogP contribution in [0.3, 0.4) is 0 Å². The van der Waals surface area contributed by atoms with Gasteiger partial charge in [-0.15, -0.1) is 0 Å². The Kier molecular flexibility index (Phi) is 5.08. The molecule has 4 rings (SSSR count). The summed E-state index contributed by atoms with van der Waals surface area (Å²) in [6, 6.07) is 16.9. The molecule has 1 heterocycles. The van der Waals surface area contributed by atoms with Crippen molar-refractivity contribution in [1.29, 1.82) is 0 Å². The number of phenolic OH excluding ortho intramolecular Hbond substituents is 2. The Morgan fingerprint density at radius 2 is 1.76 bits per heavy atom. The molecule has 1 aliphatic heterocycles. The van der Waals surface area contributed by atoms with Gasteiger partial charge in [0.05, 0.1) is 5.56 Å². The maximum absolute atomic E-state index is 13.1. The number of likely N-dealkylation sites (tertiary alicyclic amines) is 1. The third kappa shape index (κ3) is 3.61. The van der Waals surface area contributed by atoms with Crippen LogP contribution < -0.4 is 5.32 Å². The van der Waals surface area contributed by atoms with E-state index >= 15 is 0 Å². The number of carbonyl (C=O) groups is 2. The summed E-state index contributed by atoms with van der Waals surface area (Å²) in [6.07, 6.45) is 1.28. The van der Waals surface area contributed by atoms with Crippen LogP contribution in [0.4, 0.5) is 0 Å². The number of amides is 2. The second-order valence-corrected chi connectivity index (χ2v) is 7.19. The average Bonchev–Trinajstić information content (AvgIpc) is 3.23. The monoisotopic (exact) mass is 390 g/mol. The summed E-state index contributed by atoms with van der Waals surface area (Å²) in [4.78, 5) is 27.3. The predicted octanol–water partition coefficient (Wildman–Crippen LogP) is 3.17. The third-order valence-corrected chi connectivity index (χ3v) is 5.39. The lowest BCUT2D eigenvalue weighted by Gasteiger charge is -2.24. The molecular formula is C23H22N2O4. The topological polar surface area (TPSA) is 89.9 Å². The summed E-state index contributed by atoms with van der Waals surface area (Å²) >= 11 is 0. The van der Waals surface area contributed by atoms with E-state index in [1.165, 1.54) is 4.90 Å². The maximum Gasteiger partial charge on any atom is 0.258 e. The Hall–Kier alpha value is -3.54. The number of aromatic hydroxyl groups is 2. The molecule has 148 valence electrons. The maximum atomic E-state index is 13.1. The molecule has 0 saturated carbocycles. The van der Waals surface area contributed by atoms with Crippen molar-refractivity contribution in [3.8, 4) is 11.5 Å². The minimum Gasteiger partial charge on any atom is -0.508 e. The van der Waals surface area contributed by atoms with Gasteiger partial charge >= 0.3 is 0 Å². The summed E-state index contributed by atoms with van der Waals surface area (Å²) in [5.41, 5.74) is 0.813. The molecule has 0 radical (unpaired) electrons. The molecule has 2 amide bonds. The van der Waals surface area contributed by atoms with Crippen molar-refractivity contribution in [3.63, 3.8) is 0 Å². The zero-order chi connectivity index (χ0) is 20.4. The van der Waals surface area contributed by atoms with Crippen molar-refractivity contribution >= 4 is 22.6 Å². The first-order valence-corrected chi connectivity index (χ1v) is 9.62. The lowest BCUT2D eigenvalue weighted by Crippen LogP contribution is -2.45. The largest absolute Gasteiger partial charge is 0.508 e. The van der Waals surface area contributed by atoms with E-state index in [1.807, 2.05) is 12.1 Å². The van der Waals surface area contributed by atoms with Gasteiger partial charge in [-0.1, -0.05) is 48.5 Å². The number of rotatable bonds is 4. The molecular weight excluding hydrogens is 368 g/mol. The molecule has 0 aromatic heterocycles. The van der Waals surface area contributed by atoms with E-state index in [-0.39, 0.29) is 35.4 Å². The van der Waals surface area contributed by atoms with Crippen LogP contribution in [-0.2, 0) is 11.3 Å². The van der Waals surface area contributed by atoms with E-state index < -0.39 is 6.04 Å².